The van der Waals surface area contributed by atoms with Gasteiger partial charge >= 0.3 is 0 Å². The Bertz CT molecular complexity index is 410. The second-order valence-electron chi connectivity index (χ2n) is 5.74. The highest BCUT2D eigenvalue weighted by Crippen LogP contribution is 2.33. The Balaban J connectivity index is 1.72. The lowest BCUT2D eigenvalue weighted by atomic mass is 9.94. The van der Waals surface area contributed by atoms with Gasteiger partial charge in [-0.3, -0.25) is 4.79 Å². The molecule has 0 bridgehead atoms. The quantitative estimate of drug-likeness (QED) is 0.798. The molecule has 1 heterocycles. The Morgan fingerprint density at radius 2 is 1.89 bits per heavy atom. The lowest BCUT2D eigenvalue weighted by molar-refractivity contribution is -0.131. The van der Waals surface area contributed by atoms with Crippen molar-refractivity contribution in [3.05, 3.63) is 35.9 Å². The highest BCUT2D eigenvalue weighted by Gasteiger charge is 2.30. The zero-order chi connectivity index (χ0) is 12.4. The van der Waals surface area contributed by atoms with Crippen molar-refractivity contribution < 1.29 is 4.79 Å². The Kier molecular flexibility index (Phi) is 3.35. The average molecular weight is 243 g/mol. The molecule has 0 radical (unpaired) electrons. The molecule has 1 atom stereocenters. The third-order valence-electron chi connectivity index (χ3n) is 4.18. The van der Waals surface area contributed by atoms with Crippen LogP contribution in [0.5, 0.6) is 0 Å². The summed E-state index contributed by atoms with van der Waals surface area (Å²) < 4.78 is 0. The molecule has 2 heteroatoms. The fraction of sp³-hybridized carbons (Fsp3) is 0.562. The van der Waals surface area contributed by atoms with Gasteiger partial charge in [-0.25, -0.2) is 0 Å². The lowest BCUT2D eigenvalue weighted by Gasteiger charge is -2.25. The van der Waals surface area contributed by atoms with Gasteiger partial charge in [0, 0.05) is 25.4 Å². The van der Waals surface area contributed by atoms with Crippen molar-refractivity contribution in [1.82, 2.24) is 4.90 Å². The van der Waals surface area contributed by atoms with Crippen LogP contribution in [0, 0.1) is 5.92 Å². The summed E-state index contributed by atoms with van der Waals surface area (Å²) in [6, 6.07) is 10.7. The zero-order valence-corrected chi connectivity index (χ0v) is 10.8. The van der Waals surface area contributed by atoms with Crippen LogP contribution in [-0.2, 0) is 4.79 Å². The number of carbonyl (C=O) groups is 1. The number of nitrogens with zero attached hydrogens (tertiary/aromatic N) is 1. The molecule has 1 aromatic carbocycles. The first kappa shape index (κ1) is 11.8. The Morgan fingerprint density at radius 3 is 2.61 bits per heavy atom. The molecule has 3 rings (SSSR count). The number of carbonyl (C=O) groups excluding carboxylic acids is 1. The van der Waals surface area contributed by atoms with E-state index in [4.69, 9.17) is 0 Å². The van der Waals surface area contributed by atoms with E-state index in [0.29, 0.717) is 11.8 Å². The van der Waals surface area contributed by atoms with E-state index >= 15 is 0 Å². The minimum Gasteiger partial charge on any atom is -0.342 e. The molecule has 2 aliphatic rings. The van der Waals surface area contributed by atoms with E-state index in [-0.39, 0.29) is 0 Å². The topological polar surface area (TPSA) is 20.3 Å². The van der Waals surface area contributed by atoms with E-state index in [0.717, 1.165) is 38.3 Å². The fourth-order valence-electron chi connectivity index (χ4n) is 2.90. The zero-order valence-electron chi connectivity index (χ0n) is 10.8. The number of benzene rings is 1. The number of likely N-dealkylation sites (tertiary alicyclic amines) is 1. The predicted molar refractivity (Wildman–Crippen MR) is 72.3 cm³/mol. The first-order valence-corrected chi connectivity index (χ1v) is 7.15. The van der Waals surface area contributed by atoms with Crippen LogP contribution in [0.2, 0.25) is 0 Å². The smallest absolute Gasteiger partial charge is 0.222 e. The first-order chi connectivity index (χ1) is 8.83. The summed E-state index contributed by atoms with van der Waals surface area (Å²) in [5.74, 6) is 1.71. The molecule has 1 aliphatic heterocycles. The van der Waals surface area contributed by atoms with Crippen molar-refractivity contribution >= 4 is 5.91 Å². The summed E-state index contributed by atoms with van der Waals surface area (Å²) in [5.41, 5.74) is 1.40. The number of hydrogen-bond donors (Lipinski definition) is 0. The number of amides is 1. The predicted octanol–water partition coefficient (Wildman–Crippen LogP) is 3.19. The second-order valence-corrected chi connectivity index (χ2v) is 5.74. The molecule has 0 aromatic heterocycles. The summed E-state index contributed by atoms with van der Waals surface area (Å²) in [6.07, 6.45) is 5.58. The summed E-state index contributed by atoms with van der Waals surface area (Å²) >= 11 is 0. The molecule has 96 valence electrons. The summed E-state index contributed by atoms with van der Waals surface area (Å²) in [5, 5.41) is 0. The third-order valence-corrected chi connectivity index (χ3v) is 4.18. The second kappa shape index (κ2) is 5.13. The van der Waals surface area contributed by atoms with Crippen LogP contribution in [0.25, 0.3) is 0 Å². The molecule has 2 fully saturated rings. The highest BCUT2D eigenvalue weighted by molar-refractivity contribution is 5.76. The van der Waals surface area contributed by atoms with E-state index < -0.39 is 0 Å². The van der Waals surface area contributed by atoms with Gasteiger partial charge in [0.05, 0.1) is 0 Å². The van der Waals surface area contributed by atoms with Crippen LogP contribution in [0.3, 0.4) is 0 Å². The molecular weight excluding hydrogens is 222 g/mol. The van der Waals surface area contributed by atoms with Gasteiger partial charge in [-0.05, 0) is 37.2 Å². The van der Waals surface area contributed by atoms with Crippen molar-refractivity contribution in [2.75, 3.05) is 13.1 Å². The van der Waals surface area contributed by atoms with E-state index in [2.05, 4.69) is 35.2 Å². The average Bonchev–Trinajstić information content (AvgIpc) is 3.21. The molecule has 1 amide bonds. The van der Waals surface area contributed by atoms with Crippen molar-refractivity contribution in [3.8, 4) is 0 Å². The Hall–Kier alpha value is -1.31. The molecule has 1 unspecified atom stereocenters. The molecule has 0 spiro atoms. The van der Waals surface area contributed by atoms with E-state index in [1.807, 2.05) is 0 Å². The maximum atomic E-state index is 12.1. The van der Waals surface area contributed by atoms with Gasteiger partial charge in [-0.1, -0.05) is 30.3 Å². The maximum absolute atomic E-state index is 12.1. The molecule has 1 aliphatic carbocycles. The van der Waals surface area contributed by atoms with Crippen LogP contribution in [-0.4, -0.2) is 23.9 Å². The molecule has 1 aromatic rings. The first-order valence-electron chi connectivity index (χ1n) is 7.15. The van der Waals surface area contributed by atoms with Crippen LogP contribution in [0.15, 0.2) is 30.3 Å². The molecule has 1 saturated carbocycles. The van der Waals surface area contributed by atoms with Crippen LogP contribution < -0.4 is 0 Å². The SMILES string of the molecule is O=C1CCCC(c2ccccc2)CN1CC1CC1. The summed E-state index contributed by atoms with van der Waals surface area (Å²) in [7, 11) is 0. The van der Waals surface area contributed by atoms with Gasteiger partial charge in [0.15, 0.2) is 0 Å². The monoisotopic (exact) mass is 243 g/mol. The maximum Gasteiger partial charge on any atom is 0.222 e. The normalized spacial score (nSPS) is 25.0. The molecule has 0 N–H and O–H groups in total. The number of rotatable bonds is 3. The largest absolute Gasteiger partial charge is 0.342 e. The third kappa shape index (κ3) is 2.74. The number of hydrogen-bond acceptors (Lipinski definition) is 1. The van der Waals surface area contributed by atoms with E-state index in [1.54, 1.807) is 0 Å². The van der Waals surface area contributed by atoms with Gasteiger partial charge in [0.1, 0.15) is 0 Å². The van der Waals surface area contributed by atoms with Crippen molar-refractivity contribution in [1.29, 1.82) is 0 Å². The Morgan fingerprint density at radius 1 is 1.11 bits per heavy atom. The van der Waals surface area contributed by atoms with Crippen molar-refractivity contribution in [2.24, 2.45) is 5.92 Å². The standard InChI is InChI=1S/C16H21NO/c18-16-8-4-7-15(14-5-2-1-3-6-14)12-17(16)11-13-9-10-13/h1-3,5-6,13,15H,4,7-12H2. The minimum absolute atomic E-state index is 0.375. The van der Waals surface area contributed by atoms with Gasteiger partial charge in [0.2, 0.25) is 5.91 Å². The van der Waals surface area contributed by atoms with Crippen LogP contribution in [0.4, 0.5) is 0 Å². The van der Waals surface area contributed by atoms with Gasteiger partial charge in [-0.2, -0.15) is 0 Å². The summed E-state index contributed by atoms with van der Waals surface area (Å²) in [4.78, 5) is 14.2. The lowest BCUT2D eigenvalue weighted by Crippen LogP contribution is -2.34. The fourth-order valence-corrected chi connectivity index (χ4v) is 2.90. The minimum atomic E-state index is 0.375. The van der Waals surface area contributed by atoms with Gasteiger partial charge in [0.25, 0.3) is 0 Å². The Labute approximate surface area is 109 Å². The van der Waals surface area contributed by atoms with Gasteiger partial charge < -0.3 is 4.90 Å². The molecule has 2 nitrogen and oxygen atoms in total. The molecule has 18 heavy (non-hydrogen) atoms. The molecule has 1 saturated heterocycles. The van der Waals surface area contributed by atoms with Crippen molar-refractivity contribution in [2.45, 2.75) is 38.0 Å². The van der Waals surface area contributed by atoms with Crippen LogP contribution in [0.1, 0.15) is 43.6 Å². The van der Waals surface area contributed by atoms with Crippen LogP contribution >= 0.6 is 0 Å². The highest BCUT2D eigenvalue weighted by atomic mass is 16.2. The van der Waals surface area contributed by atoms with E-state index in [1.165, 1.54) is 18.4 Å². The summed E-state index contributed by atoms with van der Waals surface area (Å²) in [6.45, 7) is 1.93. The molecular formula is C16H21NO. The van der Waals surface area contributed by atoms with Gasteiger partial charge in [-0.15, -0.1) is 0 Å². The van der Waals surface area contributed by atoms with Crippen molar-refractivity contribution in [3.63, 3.8) is 0 Å². The van der Waals surface area contributed by atoms with E-state index in [9.17, 15) is 4.79 Å².